The highest BCUT2D eigenvalue weighted by Gasteiger charge is 2.16. The van der Waals surface area contributed by atoms with Crippen LogP contribution >= 0.6 is 0 Å². The highest BCUT2D eigenvalue weighted by atomic mass is 19.1. The van der Waals surface area contributed by atoms with Crippen molar-refractivity contribution in [3.63, 3.8) is 0 Å². The van der Waals surface area contributed by atoms with E-state index in [1.54, 1.807) is 12.1 Å². The molecular weight excluding hydrogens is 301 g/mol. The summed E-state index contributed by atoms with van der Waals surface area (Å²) in [5.41, 5.74) is 2.73. The van der Waals surface area contributed by atoms with Gasteiger partial charge in [0, 0.05) is 16.8 Å². The van der Waals surface area contributed by atoms with Crippen LogP contribution in [0.25, 0.3) is 28.5 Å². The molecule has 1 heterocycles. The topological polar surface area (TPSA) is 30.7 Å². The van der Waals surface area contributed by atoms with Gasteiger partial charge in [-0.05, 0) is 24.3 Å². The lowest BCUT2D eigenvalue weighted by molar-refractivity contribution is 0.627. The van der Waals surface area contributed by atoms with Crippen LogP contribution in [-0.2, 0) is 0 Å². The van der Waals surface area contributed by atoms with E-state index in [9.17, 15) is 4.39 Å². The summed E-state index contributed by atoms with van der Waals surface area (Å²) in [4.78, 5) is 0. The van der Waals surface area contributed by atoms with Crippen molar-refractivity contribution in [3.8, 4) is 28.5 Å². The summed E-state index contributed by atoms with van der Waals surface area (Å²) < 4.78 is 15.3. The largest absolute Gasteiger partial charge is 0.275 e. The zero-order chi connectivity index (χ0) is 16.4. The fraction of sp³-hybridized carbons (Fsp3) is 0. The van der Waals surface area contributed by atoms with Gasteiger partial charge >= 0.3 is 0 Å². The van der Waals surface area contributed by atoms with Gasteiger partial charge < -0.3 is 0 Å². The third-order valence-electron chi connectivity index (χ3n) is 3.81. The minimum atomic E-state index is -0.269. The number of nitrogens with zero attached hydrogens (tertiary/aromatic N) is 3. The molecule has 0 saturated carbocycles. The van der Waals surface area contributed by atoms with Crippen molar-refractivity contribution in [1.82, 2.24) is 14.8 Å². The van der Waals surface area contributed by atoms with Crippen molar-refractivity contribution in [2.75, 3.05) is 0 Å². The summed E-state index contributed by atoms with van der Waals surface area (Å²) in [6.07, 6.45) is 0. The molecule has 4 heteroatoms. The van der Waals surface area contributed by atoms with Crippen LogP contribution in [0.15, 0.2) is 84.9 Å². The molecule has 0 radical (unpaired) electrons. The second kappa shape index (κ2) is 6.08. The highest BCUT2D eigenvalue weighted by Crippen LogP contribution is 2.28. The van der Waals surface area contributed by atoms with Crippen molar-refractivity contribution in [2.45, 2.75) is 0 Å². The first-order valence-electron chi connectivity index (χ1n) is 7.65. The Morgan fingerprint density at radius 1 is 0.583 bits per heavy atom. The molecule has 0 atom stereocenters. The molecule has 0 bridgehead atoms. The van der Waals surface area contributed by atoms with Crippen LogP contribution in [0, 0.1) is 5.82 Å². The molecule has 0 N–H and O–H groups in total. The van der Waals surface area contributed by atoms with E-state index in [4.69, 9.17) is 0 Å². The van der Waals surface area contributed by atoms with E-state index in [0.29, 0.717) is 0 Å². The zero-order valence-corrected chi connectivity index (χ0v) is 12.8. The molecule has 0 saturated heterocycles. The maximum Gasteiger partial charge on any atom is 0.168 e. The van der Waals surface area contributed by atoms with Crippen LogP contribution < -0.4 is 0 Å². The van der Waals surface area contributed by atoms with E-state index in [-0.39, 0.29) is 5.82 Å². The van der Waals surface area contributed by atoms with Gasteiger partial charge in [-0.3, -0.25) is 4.57 Å². The number of hydrogen-bond acceptors (Lipinski definition) is 2. The van der Waals surface area contributed by atoms with Crippen LogP contribution in [0.2, 0.25) is 0 Å². The van der Waals surface area contributed by atoms with Crippen molar-refractivity contribution >= 4 is 0 Å². The Morgan fingerprint density at radius 3 is 1.50 bits per heavy atom. The average molecular weight is 315 g/mol. The van der Waals surface area contributed by atoms with Gasteiger partial charge in [-0.25, -0.2) is 4.39 Å². The fourth-order valence-electron chi connectivity index (χ4n) is 2.67. The Balaban J connectivity index is 1.96. The Hall–Kier alpha value is -3.27. The van der Waals surface area contributed by atoms with Crippen LogP contribution in [0.3, 0.4) is 0 Å². The van der Waals surface area contributed by atoms with Crippen LogP contribution in [-0.4, -0.2) is 14.8 Å². The van der Waals surface area contributed by atoms with Crippen LogP contribution in [0.4, 0.5) is 4.39 Å². The SMILES string of the molecule is Fc1ccc(-n2c(-c3ccccc3)nnc2-c2ccccc2)cc1. The molecule has 3 aromatic carbocycles. The monoisotopic (exact) mass is 315 g/mol. The molecule has 0 spiro atoms. The molecule has 0 aliphatic rings. The van der Waals surface area contributed by atoms with Crippen molar-refractivity contribution in [3.05, 3.63) is 90.7 Å². The smallest absolute Gasteiger partial charge is 0.168 e. The molecule has 0 unspecified atom stereocenters. The van der Waals surface area contributed by atoms with Gasteiger partial charge in [-0.1, -0.05) is 60.7 Å². The highest BCUT2D eigenvalue weighted by molar-refractivity contribution is 5.66. The van der Waals surface area contributed by atoms with Crippen molar-refractivity contribution in [2.24, 2.45) is 0 Å². The van der Waals surface area contributed by atoms with E-state index >= 15 is 0 Å². The normalized spacial score (nSPS) is 10.7. The lowest BCUT2D eigenvalue weighted by Gasteiger charge is -2.11. The Kier molecular flexibility index (Phi) is 3.63. The first-order valence-corrected chi connectivity index (χ1v) is 7.65. The maximum absolute atomic E-state index is 13.3. The van der Waals surface area contributed by atoms with Gasteiger partial charge in [0.15, 0.2) is 11.6 Å². The summed E-state index contributed by atoms with van der Waals surface area (Å²) in [5, 5.41) is 8.76. The van der Waals surface area contributed by atoms with Crippen LogP contribution in [0.5, 0.6) is 0 Å². The van der Waals surface area contributed by atoms with E-state index < -0.39 is 0 Å². The molecule has 24 heavy (non-hydrogen) atoms. The first kappa shape index (κ1) is 14.3. The molecule has 4 aromatic rings. The fourth-order valence-corrected chi connectivity index (χ4v) is 2.67. The molecule has 116 valence electrons. The summed E-state index contributed by atoms with van der Waals surface area (Å²) in [5.74, 6) is 1.18. The predicted molar refractivity (Wildman–Crippen MR) is 92.2 cm³/mol. The lowest BCUT2D eigenvalue weighted by Crippen LogP contribution is -2.00. The Labute approximate surface area is 139 Å². The van der Waals surface area contributed by atoms with Gasteiger partial charge in [-0.2, -0.15) is 0 Å². The maximum atomic E-state index is 13.3. The third-order valence-corrected chi connectivity index (χ3v) is 3.81. The summed E-state index contributed by atoms with van der Waals surface area (Å²) >= 11 is 0. The van der Waals surface area contributed by atoms with Gasteiger partial charge in [0.25, 0.3) is 0 Å². The minimum absolute atomic E-state index is 0.269. The van der Waals surface area contributed by atoms with E-state index in [2.05, 4.69) is 10.2 Å². The Morgan fingerprint density at radius 2 is 1.04 bits per heavy atom. The molecule has 1 aromatic heterocycles. The summed E-state index contributed by atoms with van der Waals surface area (Å²) in [6, 6.07) is 26.0. The van der Waals surface area contributed by atoms with Gasteiger partial charge in [-0.15, -0.1) is 10.2 Å². The molecule has 0 amide bonds. The predicted octanol–water partition coefficient (Wildman–Crippen LogP) is 4.74. The second-order valence-corrected chi connectivity index (χ2v) is 5.39. The minimum Gasteiger partial charge on any atom is -0.275 e. The van der Waals surface area contributed by atoms with Gasteiger partial charge in [0.05, 0.1) is 0 Å². The summed E-state index contributed by atoms with van der Waals surface area (Å²) in [7, 11) is 0. The number of aromatic nitrogens is 3. The zero-order valence-electron chi connectivity index (χ0n) is 12.8. The second-order valence-electron chi connectivity index (χ2n) is 5.39. The van der Waals surface area contributed by atoms with E-state index in [1.165, 1.54) is 12.1 Å². The first-order chi connectivity index (χ1) is 11.8. The average Bonchev–Trinajstić information content (AvgIpc) is 3.09. The molecule has 0 fully saturated rings. The number of halogens is 1. The lowest BCUT2D eigenvalue weighted by atomic mass is 10.1. The van der Waals surface area contributed by atoms with Crippen LogP contribution in [0.1, 0.15) is 0 Å². The quantitative estimate of drug-likeness (QED) is 0.546. The van der Waals surface area contributed by atoms with E-state index in [0.717, 1.165) is 28.5 Å². The van der Waals surface area contributed by atoms with Crippen molar-refractivity contribution in [1.29, 1.82) is 0 Å². The van der Waals surface area contributed by atoms with Crippen molar-refractivity contribution < 1.29 is 4.39 Å². The number of hydrogen-bond donors (Lipinski definition) is 0. The summed E-state index contributed by atoms with van der Waals surface area (Å²) in [6.45, 7) is 0. The number of benzene rings is 3. The molecule has 4 rings (SSSR count). The molecule has 3 nitrogen and oxygen atoms in total. The van der Waals surface area contributed by atoms with E-state index in [1.807, 2.05) is 65.2 Å². The van der Waals surface area contributed by atoms with Gasteiger partial charge in [0.1, 0.15) is 5.82 Å². The standard InChI is InChI=1S/C20H14FN3/c21-17-11-13-18(14-12-17)24-19(15-7-3-1-4-8-15)22-23-20(24)16-9-5-2-6-10-16/h1-14H. The number of rotatable bonds is 3. The molecule has 0 aliphatic heterocycles. The van der Waals surface area contributed by atoms with Gasteiger partial charge in [0.2, 0.25) is 0 Å². The molecule has 0 aliphatic carbocycles. The third kappa shape index (κ3) is 2.58. The Bertz CT molecular complexity index is 888. The molecular formula is C20H14FN3.